The highest BCUT2D eigenvalue weighted by Gasteiger charge is 2.18. The number of carbonyl (C=O) groups is 1. The van der Waals surface area contributed by atoms with E-state index in [2.05, 4.69) is 21.2 Å². The van der Waals surface area contributed by atoms with Crippen LogP contribution in [-0.4, -0.2) is 23.1 Å². The maximum Gasteiger partial charge on any atom is 0.282 e. The minimum Gasteiger partial charge on any atom is -0.497 e. The van der Waals surface area contributed by atoms with Crippen LogP contribution in [-0.2, 0) is 6.54 Å². The maximum atomic E-state index is 12.6. The van der Waals surface area contributed by atoms with Crippen molar-refractivity contribution in [2.24, 2.45) is 0 Å². The van der Waals surface area contributed by atoms with Gasteiger partial charge in [0.15, 0.2) is 5.11 Å². The van der Waals surface area contributed by atoms with Crippen molar-refractivity contribution in [1.29, 1.82) is 0 Å². The van der Waals surface area contributed by atoms with E-state index in [1.165, 1.54) is 11.3 Å². The number of thiazole rings is 1. The summed E-state index contributed by atoms with van der Waals surface area (Å²) in [4.78, 5) is 17.6. The number of nitrogens with zero attached hydrogens (tertiary/aromatic N) is 1. The number of thiocarbonyl (C=S) groups is 1. The standard InChI is InChI=1S/C20H20N4O2S2/c1-13-22-17(15-6-4-3-5-7-15)18(28-13)19(25)23-24-20(27)21-12-14-8-10-16(26-2)11-9-14/h3-11H,12H2,1-2H3,(H,23,25)(H2,21,24,27). The summed E-state index contributed by atoms with van der Waals surface area (Å²) in [6, 6.07) is 17.3. The van der Waals surface area contributed by atoms with Gasteiger partial charge >= 0.3 is 0 Å². The highest BCUT2D eigenvalue weighted by atomic mass is 32.1. The second kappa shape index (κ2) is 9.29. The van der Waals surface area contributed by atoms with Crippen LogP contribution in [0.5, 0.6) is 5.75 Å². The Kier molecular flexibility index (Phi) is 6.57. The molecule has 1 aromatic heterocycles. The van der Waals surface area contributed by atoms with Crippen LogP contribution in [0.1, 0.15) is 20.2 Å². The number of nitrogens with one attached hydrogen (secondary N) is 3. The quantitative estimate of drug-likeness (QED) is 0.440. The number of aryl methyl sites for hydroxylation is 1. The summed E-state index contributed by atoms with van der Waals surface area (Å²) in [6.07, 6.45) is 0. The summed E-state index contributed by atoms with van der Waals surface area (Å²) in [5, 5.41) is 4.20. The molecule has 0 atom stereocenters. The van der Waals surface area contributed by atoms with Gasteiger partial charge in [-0.3, -0.25) is 15.6 Å². The molecule has 0 aliphatic heterocycles. The molecule has 0 saturated carbocycles. The zero-order valence-electron chi connectivity index (χ0n) is 15.5. The van der Waals surface area contributed by atoms with Crippen molar-refractivity contribution in [3.8, 4) is 17.0 Å². The van der Waals surface area contributed by atoms with Gasteiger partial charge in [-0.2, -0.15) is 0 Å². The Labute approximate surface area is 172 Å². The van der Waals surface area contributed by atoms with E-state index in [4.69, 9.17) is 17.0 Å². The van der Waals surface area contributed by atoms with Crippen LogP contribution in [0.15, 0.2) is 54.6 Å². The highest BCUT2D eigenvalue weighted by molar-refractivity contribution is 7.80. The van der Waals surface area contributed by atoms with E-state index in [9.17, 15) is 4.79 Å². The second-order valence-electron chi connectivity index (χ2n) is 5.89. The molecule has 1 heterocycles. The smallest absolute Gasteiger partial charge is 0.282 e. The third-order valence-corrected chi connectivity index (χ3v) is 5.11. The molecule has 0 saturated heterocycles. The molecule has 144 valence electrons. The van der Waals surface area contributed by atoms with Gasteiger partial charge in [0.25, 0.3) is 5.91 Å². The Balaban J connectivity index is 1.56. The highest BCUT2D eigenvalue weighted by Crippen LogP contribution is 2.27. The Morgan fingerprint density at radius 3 is 2.50 bits per heavy atom. The van der Waals surface area contributed by atoms with E-state index in [1.807, 2.05) is 61.5 Å². The molecular weight excluding hydrogens is 392 g/mol. The normalized spacial score (nSPS) is 10.2. The number of methoxy groups -OCH3 is 1. The Morgan fingerprint density at radius 2 is 1.82 bits per heavy atom. The van der Waals surface area contributed by atoms with Gasteiger partial charge in [-0.15, -0.1) is 11.3 Å². The predicted molar refractivity (Wildman–Crippen MR) is 115 cm³/mol. The average Bonchev–Trinajstić information content (AvgIpc) is 3.13. The van der Waals surface area contributed by atoms with Crippen LogP contribution in [0.2, 0.25) is 0 Å². The van der Waals surface area contributed by atoms with Gasteiger partial charge in [-0.25, -0.2) is 4.98 Å². The molecule has 0 radical (unpaired) electrons. The maximum absolute atomic E-state index is 12.6. The zero-order chi connectivity index (χ0) is 19.9. The molecule has 0 fully saturated rings. The van der Waals surface area contributed by atoms with Crippen LogP contribution in [0.4, 0.5) is 0 Å². The lowest BCUT2D eigenvalue weighted by Gasteiger charge is -2.12. The van der Waals surface area contributed by atoms with Gasteiger partial charge in [0.2, 0.25) is 0 Å². The Morgan fingerprint density at radius 1 is 1.11 bits per heavy atom. The van der Waals surface area contributed by atoms with E-state index in [0.29, 0.717) is 22.2 Å². The van der Waals surface area contributed by atoms with Crippen molar-refractivity contribution in [2.45, 2.75) is 13.5 Å². The first kappa shape index (κ1) is 19.8. The fourth-order valence-corrected chi connectivity index (χ4v) is 3.47. The molecule has 28 heavy (non-hydrogen) atoms. The monoisotopic (exact) mass is 412 g/mol. The van der Waals surface area contributed by atoms with E-state index in [-0.39, 0.29) is 5.91 Å². The van der Waals surface area contributed by atoms with Gasteiger partial charge < -0.3 is 10.1 Å². The van der Waals surface area contributed by atoms with Crippen molar-refractivity contribution in [1.82, 2.24) is 21.2 Å². The molecular formula is C20H20N4O2S2. The zero-order valence-corrected chi connectivity index (χ0v) is 17.1. The van der Waals surface area contributed by atoms with Crippen LogP contribution >= 0.6 is 23.6 Å². The summed E-state index contributed by atoms with van der Waals surface area (Å²) in [6.45, 7) is 2.41. The first-order valence-electron chi connectivity index (χ1n) is 8.57. The van der Waals surface area contributed by atoms with E-state index in [1.54, 1.807) is 7.11 Å². The van der Waals surface area contributed by atoms with E-state index >= 15 is 0 Å². The van der Waals surface area contributed by atoms with Gasteiger partial charge in [-0.05, 0) is 36.8 Å². The molecule has 8 heteroatoms. The first-order valence-corrected chi connectivity index (χ1v) is 9.79. The Hall–Kier alpha value is -2.97. The molecule has 1 amide bonds. The van der Waals surface area contributed by atoms with Crippen LogP contribution in [0.25, 0.3) is 11.3 Å². The van der Waals surface area contributed by atoms with Crippen molar-refractivity contribution >= 4 is 34.6 Å². The molecule has 0 spiro atoms. The lowest BCUT2D eigenvalue weighted by molar-refractivity contribution is 0.0948. The number of hydrogen-bond donors (Lipinski definition) is 3. The summed E-state index contributed by atoms with van der Waals surface area (Å²) in [5.41, 5.74) is 7.98. The van der Waals surface area contributed by atoms with E-state index in [0.717, 1.165) is 21.9 Å². The molecule has 2 aromatic carbocycles. The molecule has 0 aliphatic rings. The third-order valence-electron chi connectivity index (χ3n) is 3.89. The molecule has 3 rings (SSSR count). The number of hydrazine groups is 1. The fourth-order valence-electron chi connectivity index (χ4n) is 2.51. The summed E-state index contributed by atoms with van der Waals surface area (Å²) in [7, 11) is 1.63. The number of ether oxygens (including phenoxy) is 1. The topological polar surface area (TPSA) is 75.3 Å². The molecule has 3 aromatic rings. The molecule has 0 unspecified atom stereocenters. The number of aromatic nitrogens is 1. The molecule has 3 N–H and O–H groups in total. The van der Waals surface area contributed by atoms with E-state index < -0.39 is 0 Å². The van der Waals surface area contributed by atoms with Gasteiger partial charge in [0.05, 0.1) is 17.8 Å². The van der Waals surface area contributed by atoms with Crippen molar-refractivity contribution in [2.75, 3.05) is 7.11 Å². The van der Waals surface area contributed by atoms with Crippen molar-refractivity contribution < 1.29 is 9.53 Å². The minimum atomic E-state index is -0.280. The first-order chi connectivity index (χ1) is 13.6. The largest absolute Gasteiger partial charge is 0.497 e. The number of amides is 1. The van der Waals surface area contributed by atoms with Gasteiger partial charge in [0, 0.05) is 12.1 Å². The van der Waals surface area contributed by atoms with Gasteiger partial charge in [0.1, 0.15) is 10.6 Å². The second-order valence-corrected chi connectivity index (χ2v) is 7.50. The lowest BCUT2D eigenvalue weighted by atomic mass is 10.1. The SMILES string of the molecule is COc1ccc(CNC(=S)NNC(=O)c2sc(C)nc2-c2ccccc2)cc1. The van der Waals surface area contributed by atoms with Crippen LogP contribution < -0.4 is 20.9 Å². The number of rotatable bonds is 5. The lowest BCUT2D eigenvalue weighted by Crippen LogP contribution is -2.46. The van der Waals surface area contributed by atoms with Crippen molar-refractivity contribution in [3.63, 3.8) is 0 Å². The summed E-state index contributed by atoms with van der Waals surface area (Å²) >= 11 is 6.57. The summed E-state index contributed by atoms with van der Waals surface area (Å²) in [5.74, 6) is 0.517. The Bertz CT molecular complexity index is 956. The van der Waals surface area contributed by atoms with Crippen molar-refractivity contribution in [3.05, 3.63) is 70.0 Å². The van der Waals surface area contributed by atoms with Gasteiger partial charge in [-0.1, -0.05) is 42.5 Å². The van der Waals surface area contributed by atoms with Crippen LogP contribution in [0, 0.1) is 6.92 Å². The molecule has 0 bridgehead atoms. The third kappa shape index (κ3) is 5.05. The molecule has 0 aliphatic carbocycles. The number of carbonyl (C=O) groups excluding carboxylic acids is 1. The predicted octanol–water partition coefficient (Wildman–Crippen LogP) is 3.44. The fraction of sp³-hybridized carbons (Fsp3) is 0.150. The minimum absolute atomic E-state index is 0.280. The average molecular weight is 413 g/mol. The number of hydrogen-bond acceptors (Lipinski definition) is 5. The number of benzene rings is 2. The van der Waals surface area contributed by atoms with Crippen LogP contribution in [0.3, 0.4) is 0 Å². The molecule has 6 nitrogen and oxygen atoms in total. The summed E-state index contributed by atoms with van der Waals surface area (Å²) < 4.78 is 5.13.